The average molecular weight is 669 g/mol. The van der Waals surface area contributed by atoms with Crippen LogP contribution in [-0.2, 0) is 0 Å². The zero-order valence-electron chi connectivity index (χ0n) is 25.2. The van der Waals surface area contributed by atoms with Crippen LogP contribution in [0.2, 0.25) is 15.1 Å². The van der Waals surface area contributed by atoms with Crippen LogP contribution >= 0.6 is 34.8 Å². The number of halogens is 3. The Kier molecular flexibility index (Phi) is 7.74. The summed E-state index contributed by atoms with van der Waals surface area (Å²) in [5.74, 6) is 0. The van der Waals surface area contributed by atoms with Gasteiger partial charge in [-0.15, -0.1) is 0 Å². The van der Waals surface area contributed by atoms with Gasteiger partial charge in [0, 0.05) is 65.7 Å². The minimum Gasteiger partial charge on any atom is -0.311 e. The maximum absolute atomic E-state index is 6.52. The molecule has 0 saturated heterocycles. The first-order valence-electron chi connectivity index (χ1n) is 15.4. The van der Waals surface area contributed by atoms with E-state index in [1.165, 1.54) is 0 Å². The molecule has 7 aromatic rings. The van der Waals surface area contributed by atoms with Crippen LogP contribution in [0.4, 0.5) is 28.4 Å². The van der Waals surface area contributed by atoms with Gasteiger partial charge in [0.2, 0.25) is 0 Å². The van der Waals surface area contributed by atoms with Gasteiger partial charge in [-0.05, 0) is 116 Å². The molecule has 6 aromatic carbocycles. The Morgan fingerprint density at radius 1 is 0.468 bits per heavy atom. The maximum Gasteiger partial charge on any atom is 0.0542 e. The predicted octanol–water partition coefficient (Wildman–Crippen LogP) is 13.2. The number of hydrogen-bond donors (Lipinski definition) is 0. The average Bonchev–Trinajstić information content (AvgIpc) is 3.72. The number of fused-ring (bicyclic) bond motifs is 3. The monoisotopic (exact) mass is 667 g/mol. The molecule has 0 aliphatic heterocycles. The molecule has 0 radical (unpaired) electrons. The zero-order valence-corrected chi connectivity index (χ0v) is 27.5. The second-order valence-corrected chi connectivity index (χ2v) is 12.8. The summed E-state index contributed by atoms with van der Waals surface area (Å²) >= 11 is 19.6. The van der Waals surface area contributed by atoms with E-state index in [1.54, 1.807) is 0 Å². The van der Waals surface area contributed by atoms with Gasteiger partial charge in [0.05, 0.1) is 11.0 Å². The minimum atomic E-state index is 0.664. The number of anilines is 5. The number of rotatable bonds is 7. The Bertz CT molecular complexity index is 2290. The van der Waals surface area contributed by atoms with Crippen molar-refractivity contribution in [1.82, 2.24) is 4.57 Å². The summed E-state index contributed by atoms with van der Waals surface area (Å²) < 4.78 is 2.33. The quantitative estimate of drug-likeness (QED) is 0.167. The molecule has 1 aromatic heterocycles. The highest BCUT2D eigenvalue weighted by molar-refractivity contribution is 6.31. The molecule has 1 aliphatic carbocycles. The molecule has 0 spiro atoms. The standard InChI is InChI=1S/C41H28Cl3N3/c42-28-9-6-16-33(23-28)45(31-14-4-5-15-31)36-19-21-40-38(26-36)39-27-37(20-22-41(39)47(40)32-12-2-1-3-13-32)46(34-17-7-10-29(43)24-34)35-18-8-11-30(44)25-35/h1-4,6-27H,5H2. The first kappa shape index (κ1) is 29.5. The molecule has 47 heavy (non-hydrogen) atoms. The lowest BCUT2D eigenvalue weighted by molar-refractivity contribution is 1.17. The fourth-order valence-electron chi connectivity index (χ4n) is 6.48. The third-order valence-electron chi connectivity index (χ3n) is 8.47. The van der Waals surface area contributed by atoms with Crippen molar-refractivity contribution >= 4 is 85.0 Å². The van der Waals surface area contributed by atoms with Gasteiger partial charge < -0.3 is 14.4 Å². The highest BCUT2D eigenvalue weighted by Crippen LogP contribution is 2.43. The highest BCUT2D eigenvalue weighted by atomic mass is 35.5. The molecule has 0 fully saturated rings. The van der Waals surface area contributed by atoms with E-state index in [2.05, 4.69) is 111 Å². The fourth-order valence-corrected chi connectivity index (χ4v) is 7.04. The van der Waals surface area contributed by atoms with Gasteiger partial charge in [-0.2, -0.15) is 0 Å². The van der Waals surface area contributed by atoms with Gasteiger partial charge in [-0.3, -0.25) is 0 Å². The van der Waals surface area contributed by atoms with Crippen molar-refractivity contribution in [1.29, 1.82) is 0 Å². The van der Waals surface area contributed by atoms with Crippen LogP contribution in [0, 0.1) is 0 Å². The molecule has 0 unspecified atom stereocenters. The molecule has 8 rings (SSSR count). The number of benzene rings is 6. The van der Waals surface area contributed by atoms with Crippen LogP contribution in [0.25, 0.3) is 27.5 Å². The van der Waals surface area contributed by atoms with E-state index in [1.807, 2.05) is 60.7 Å². The van der Waals surface area contributed by atoms with Crippen LogP contribution in [0.1, 0.15) is 6.42 Å². The molecule has 3 nitrogen and oxygen atoms in total. The molecule has 0 atom stereocenters. The molecule has 0 saturated carbocycles. The smallest absolute Gasteiger partial charge is 0.0542 e. The SMILES string of the molecule is Clc1cccc(N(C2=CCC=C2)c2ccc3c(c2)c2cc(N(c4cccc(Cl)c4)c4cccc(Cl)c4)ccc2n3-c2ccccc2)c1. The Labute approximate surface area is 288 Å². The van der Waals surface area contributed by atoms with Gasteiger partial charge in [0.15, 0.2) is 0 Å². The predicted molar refractivity (Wildman–Crippen MR) is 201 cm³/mol. The van der Waals surface area contributed by atoms with Crippen LogP contribution in [0.5, 0.6) is 0 Å². The summed E-state index contributed by atoms with van der Waals surface area (Å²) in [6.45, 7) is 0. The summed E-state index contributed by atoms with van der Waals surface area (Å²) in [4.78, 5) is 4.47. The van der Waals surface area contributed by atoms with E-state index in [9.17, 15) is 0 Å². The lowest BCUT2D eigenvalue weighted by atomic mass is 10.1. The third kappa shape index (κ3) is 5.57. The van der Waals surface area contributed by atoms with Gasteiger partial charge in [0.25, 0.3) is 0 Å². The highest BCUT2D eigenvalue weighted by Gasteiger charge is 2.21. The third-order valence-corrected chi connectivity index (χ3v) is 9.18. The van der Waals surface area contributed by atoms with Gasteiger partial charge in [0.1, 0.15) is 0 Å². The Balaban J connectivity index is 1.39. The molecule has 6 heteroatoms. The zero-order chi connectivity index (χ0) is 31.9. The molecule has 1 heterocycles. The molecule has 228 valence electrons. The number of nitrogens with zero attached hydrogens (tertiary/aromatic N) is 3. The van der Waals surface area contributed by atoms with Crippen LogP contribution in [-0.4, -0.2) is 4.57 Å². The van der Waals surface area contributed by atoms with Crippen molar-refractivity contribution in [3.8, 4) is 5.69 Å². The second kappa shape index (κ2) is 12.4. The van der Waals surface area contributed by atoms with Gasteiger partial charge in [-0.25, -0.2) is 0 Å². The number of aromatic nitrogens is 1. The molecule has 0 N–H and O–H groups in total. The summed E-state index contributed by atoms with van der Waals surface area (Å²) in [6.07, 6.45) is 7.49. The lowest BCUT2D eigenvalue weighted by Crippen LogP contribution is -2.14. The minimum absolute atomic E-state index is 0.664. The summed E-state index contributed by atoms with van der Waals surface area (Å²) in [5.41, 5.74) is 9.39. The van der Waals surface area contributed by atoms with Crippen molar-refractivity contribution in [2.45, 2.75) is 6.42 Å². The Morgan fingerprint density at radius 2 is 0.957 bits per heavy atom. The van der Waals surface area contributed by atoms with Crippen molar-refractivity contribution < 1.29 is 0 Å². The van der Waals surface area contributed by atoms with Gasteiger partial charge >= 0.3 is 0 Å². The lowest BCUT2D eigenvalue weighted by Gasteiger charge is -2.26. The summed E-state index contributed by atoms with van der Waals surface area (Å²) in [7, 11) is 0. The van der Waals surface area contributed by atoms with E-state index in [-0.39, 0.29) is 0 Å². The van der Waals surface area contributed by atoms with Crippen molar-refractivity contribution in [2.75, 3.05) is 9.80 Å². The van der Waals surface area contributed by atoms with Crippen LogP contribution < -0.4 is 9.80 Å². The number of allylic oxidation sites excluding steroid dienone is 3. The largest absolute Gasteiger partial charge is 0.311 e. The second-order valence-electron chi connectivity index (χ2n) is 11.5. The van der Waals surface area contributed by atoms with E-state index >= 15 is 0 Å². The maximum atomic E-state index is 6.52. The van der Waals surface area contributed by atoms with Gasteiger partial charge in [-0.1, -0.05) is 83.4 Å². The van der Waals surface area contributed by atoms with Crippen molar-refractivity contribution in [3.63, 3.8) is 0 Å². The van der Waals surface area contributed by atoms with Crippen LogP contribution in [0.15, 0.2) is 163 Å². The normalized spacial score (nSPS) is 12.5. The molecule has 0 bridgehead atoms. The topological polar surface area (TPSA) is 11.4 Å². The molecular weight excluding hydrogens is 641 g/mol. The van der Waals surface area contributed by atoms with E-state index in [0.29, 0.717) is 15.1 Å². The van der Waals surface area contributed by atoms with E-state index in [4.69, 9.17) is 34.8 Å². The van der Waals surface area contributed by atoms with Crippen molar-refractivity contribution in [3.05, 3.63) is 179 Å². The summed E-state index contributed by atoms with van der Waals surface area (Å²) in [5, 5.41) is 4.28. The summed E-state index contributed by atoms with van der Waals surface area (Å²) in [6, 6.07) is 47.7. The molecular formula is C41H28Cl3N3. The molecule has 1 aliphatic rings. The van der Waals surface area contributed by atoms with E-state index < -0.39 is 0 Å². The molecule has 0 amide bonds. The Hall–Kier alpha value is -4.93. The van der Waals surface area contributed by atoms with E-state index in [0.717, 1.165) is 68.0 Å². The number of hydrogen-bond acceptors (Lipinski definition) is 2. The van der Waals surface area contributed by atoms with Crippen LogP contribution in [0.3, 0.4) is 0 Å². The number of para-hydroxylation sites is 1. The van der Waals surface area contributed by atoms with Crippen molar-refractivity contribution in [2.24, 2.45) is 0 Å². The first-order valence-corrected chi connectivity index (χ1v) is 16.5. The first-order chi connectivity index (χ1) is 23.0. The fraction of sp³-hybridized carbons (Fsp3) is 0.0244. The Morgan fingerprint density at radius 3 is 1.45 bits per heavy atom.